The molecule has 1 heteroatoms. The molecule has 0 heterocycles. The van der Waals surface area contributed by atoms with Crippen molar-refractivity contribution in [3.05, 3.63) is 35.9 Å². The van der Waals surface area contributed by atoms with Crippen LogP contribution in [0.15, 0.2) is 30.3 Å². The van der Waals surface area contributed by atoms with Crippen molar-refractivity contribution in [3.8, 4) is 0 Å². The Morgan fingerprint density at radius 2 is 1.93 bits per heavy atom. The van der Waals surface area contributed by atoms with Gasteiger partial charge in [0.15, 0.2) is 0 Å². The minimum absolute atomic E-state index is 0.435. The molecule has 0 aliphatic heterocycles. The molecule has 2 rings (SSSR count). The molecule has 0 radical (unpaired) electrons. The molecule has 1 N–H and O–H groups in total. The quantitative estimate of drug-likeness (QED) is 0.774. The van der Waals surface area contributed by atoms with Crippen LogP contribution in [0.4, 0.5) is 0 Å². The third-order valence-corrected chi connectivity index (χ3v) is 3.22. The molecular formula is C13H18O. The van der Waals surface area contributed by atoms with E-state index in [1.165, 1.54) is 18.4 Å². The van der Waals surface area contributed by atoms with Crippen molar-refractivity contribution in [3.63, 3.8) is 0 Å². The van der Waals surface area contributed by atoms with Crippen molar-refractivity contribution in [1.29, 1.82) is 0 Å². The number of rotatable bonds is 4. The van der Waals surface area contributed by atoms with Crippen LogP contribution in [0.25, 0.3) is 0 Å². The van der Waals surface area contributed by atoms with E-state index in [1.807, 2.05) is 13.0 Å². The normalized spacial score (nSPS) is 20.4. The molecule has 0 amide bonds. The van der Waals surface area contributed by atoms with Crippen LogP contribution in [0.1, 0.15) is 31.7 Å². The molecule has 1 aliphatic rings. The molecule has 14 heavy (non-hydrogen) atoms. The monoisotopic (exact) mass is 190 g/mol. The van der Waals surface area contributed by atoms with Gasteiger partial charge >= 0.3 is 0 Å². The predicted octanol–water partition coefficient (Wildman–Crippen LogP) is 2.78. The molecule has 1 saturated carbocycles. The van der Waals surface area contributed by atoms with Crippen molar-refractivity contribution < 1.29 is 5.11 Å². The lowest BCUT2D eigenvalue weighted by atomic mass is 9.92. The van der Waals surface area contributed by atoms with Crippen LogP contribution >= 0.6 is 0 Å². The van der Waals surface area contributed by atoms with Gasteiger partial charge < -0.3 is 5.11 Å². The highest BCUT2D eigenvalue weighted by molar-refractivity contribution is 5.15. The van der Waals surface area contributed by atoms with E-state index >= 15 is 0 Å². The van der Waals surface area contributed by atoms with E-state index in [-0.39, 0.29) is 0 Å². The van der Waals surface area contributed by atoms with Crippen LogP contribution in [0.2, 0.25) is 0 Å². The largest absolute Gasteiger partial charge is 0.390 e. The number of hydrogen-bond acceptors (Lipinski definition) is 1. The summed E-state index contributed by atoms with van der Waals surface area (Å²) in [6.45, 7) is 1.98. The fourth-order valence-electron chi connectivity index (χ4n) is 1.95. The Labute approximate surface area is 85.8 Å². The molecule has 1 nitrogen and oxygen atoms in total. The van der Waals surface area contributed by atoms with Gasteiger partial charge in [-0.1, -0.05) is 30.3 Å². The van der Waals surface area contributed by atoms with E-state index in [1.54, 1.807) is 0 Å². The van der Waals surface area contributed by atoms with E-state index in [0.717, 1.165) is 12.8 Å². The summed E-state index contributed by atoms with van der Waals surface area (Å²) in [5.74, 6) is 0.561. The smallest absolute Gasteiger partial charge is 0.0651 e. The lowest BCUT2D eigenvalue weighted by molar-refractivity contribution is 0.0284. The molecule has 1 atom stereocenters. The minimum Gasteiger partial charge on any atom is -0.390 e. The summed E-state index contributed by atoms with van der Waals surface area (Å²) >= 11 is 0. The molecule has 0 bridgehead atoms. The van der Waals surface area contributed by atoms with Crippen LogP contribution in [0.3, 0.4) is 0 Å². The molecule has 1 unspecified atom stereocenters. The summed E-state index contributed by atoms with van der Waals surface area (Å²) in [6, 6.07) is 10.4. The van der Waals surface area contributed by atoms with Gasteiger partial charge in [0, 0.05) is 0 Å². The van der Waals surface area contributed by atoms with Crippen LogP contribution in [-0.2, 0) is 6.42 Å². The van der Waals surface area contributed by atoms with Gasteiger partial charge in [-0.2, -0.15) is 0 Å². The average molecular weight is 190 g/mol. The second-order valence-electron chi connectivity index (χ2n) is 4.62. The fraction of sp³-hybridized carbons (Fsp3) is 0.538. The van der Waals surface area contributed by atoms with Crippen LogP contribution in [0.5, 0.6) is 0 Å². The fourth-order valence-corrected chi connectivity index (χ4v) is 1.95. The zero-order valence-electron chi connectivity index (χ0n) is 8.74. The molecule has 1 aliphatic carbocycles. The molecule has 1 aromatic carbocycles. The predicted molar refractivity (Wildman–Crippen MR) is 58.1 cm³/mol. The van der Waals surface area contributed by atoms with Crippen LogP contribution in [0, 0.1) is 5.92 Å². The first-order valence-electron chi connectivity index (χ1n) is 5.45. The lowest BCUT2D eigenvalue weighted by Gasteiger charge is -2.22. The van der Waals surface area contributed by atoms with Gasteiger partial charge in [-0.3, -0.25) is 0 Å². The SMILES string of the molecule is CC(O)(CCc1ccccc1)C1CC1. The van der Waals surface area contributed by atoms with Gasteiger partial charge in [0.25, 0.3) is 0 Å². The van der Waals surface area contributed by atoms with Crippen molar-refractivity contribution in [2.45, 2.75) is 38.2 Å². The molecule has 0 spiro atoms. The Bertz CT molecular complexity index is 285. The number of benzene rings is 1. The highest BCUT2D eigenvalue weighted by Gasteiger charge is 2.39. The van der Waals surface area contributed by atoms with Crippen molar-refractivity contribution in [1.82, 2.24) is 0 Å². The number of hydrogen-bond donors (Lipinski definition) is 1. The van der Waals surface area contributed by atoms with Crippen molar-refractivity contribution in [2.24, 2.45) is 5.92 Å². The molecule has 0 saturated heterocycles. The summed E-state index contributed by atoms with van der Waals surface area (Å²) in [5, 5.41) is 10.1. The zero-order valence-corrected chi connectivity index (χ0v) is 8.74. The summed E-state index contributed by atoms with van der Waals surface area (Å²) in [7, 11) is 0. The number of aryl methyl sites for hydroxylation is 1. The average Bonchev–Trinajstić information content (AvgIpc) is 3.00. The molecule has 0 aromatic heterocycles. The zero-order chi connectivity index (χ0) is 10.0. The standard InChI is InChI=1S/C13H18O/c1-13(14,12-7-8-12)10-9-11-5-3-2-4-6-11/h2-6,12,14H,7-10H2,1H3. The van der Waals surface area contributed by atoms with Gasteiger partial charge in [0.2, 0.25) is 0 Å². The van der Waals surface area contributed by atoms with E-state index < -0.39 is 5.60 Å². The van der Waals surface area contributed by atoms with E-state index in [4.69, 9.17) is 0 Å². The van der Waals surface area contributed by atoms with Gasteiger partial charge in [-0.15, -0.1) is 0 Å². The summed E-state index contributed by atoms with van der Waals surface area (Å²) in [4.78, 5) is 0. The van der Waals surface area contributed by atoms with Gasteiger partial charge in [-0.25, -0.2) is 0 Å². The summed E-state index contributed by atoms with van der Waals surface area (Å²) < 4.78 is 0. The highest BCUT2D eigenvalue weighted by Crippen LogP contribution is 2.41. The van der Waals surface area contributed by atoms with Gasteiger partial charge in [0.1, 0.15) is 0 Å². The van der Waals surface area contributed by atoms with Crippen LogP contribution in [-0.4, -0.2) is 10.7 Å². The van der Waals surface area contributed by atoms with Crippen molar-refractivity contribution >= 4 is 0 Å². The maximum absolute atomic E-state index is 10.1. The second-order valence-corrected chi connectivity index (χ2v) is 4.62. The van der Waals surface area contributed by atoms with E-state index in [0.29, 0.717) is 5.92 Å². The summed E-state index contributed by atoms with van der Waals surface area (Å²) in [5.41, 5.74) is 0.893. The Hall–Kier alpha value is -0.820. The Kier molecular flexibility index (Phi) is 2.60. The van der Waals surface area contributed by atoms with Gasteiger partial charge in [-0.05, 0) is 44.1 Å². The van der Waals surface area contributed by atoms with E-state index in [9.17, 15) is 5.11 Å². The van der Waals surface area contributed by atoms with Gasteiger partial charge in [0.05, 0.1) is 5.60 Å². The summed E-state index contributed by atoms with van der Waals surface area (Å²) in [6.07, 6.45) is 4.30. The first-order valence-corrected chi connectivity index (χ1v) is 5.45. The van der Waals surface area contributed by atoms with E-state index in [2.05, 4.69) is 24.3 Å². The Balaban J connectivity index is 1.87. The maximum Gasteiger partial charge on any atom is 0.0651 e. The highest BCUT2D eigenvalue weighted by atomic mass is 16.3. The molecule has 1 fully saturated rings. The third-order valence-electron chi connectivity index (χ3n) is 3.22. The third kappa shape index (κ3) is 2.36. The number of aliphatic hydroxyl groups is 1. The first-order chi connectivity index (χ1) is 6.68. The van der Waals surface area contributed by atoms with Crippen molar-refractivity contribution in [2.75, 3.05) is 0 Å². The first kappa shape index (κ1) is 9.72. The second kappa shape index (κ2) is 3.74. The topological polar surface area (TPSA) is 20.2 Å². The molecular weight excluding hydrogens is 172 g/mol. The Morgan fingerprint density at radius 3 is 2.50 bits per heavy atom. The maximum atomic E-state index is 10.1. The molecule has 1 aromatic rings. The Morgan fingerprint density at radius 1 is 1.29 bits per heavy atom. The minimum atomic E-state index is -0.435. The van der Waals surface area contributed by atoms with Crippen LogP contribution < -0.4 is 0 Å². The molecule has 76 valence electrons. The lowest BCUT2D eigenvalue weighted by Crippen LogP contribution is -2.27.